The lowest BCUT2D eigenvalue weighted by molar-refractivity contribution is -0.130. The molecule has 0 spiro atoms. The molecule has 1 rings (SSSR count). The zero-order valence-electron chi connectivity index (χ0n) is 13.7. The molecule has 6 nitrogen and oxygen atoms in total. The predicted molar refractivity (Wildman–Crippen MR) is 98.4 cm³/mol. The number of hydrogen-bond donors (Lipinski definition) is 2. The van der Waals surface area contributed by atoms with Crippen LogP contribution in [0.2, 0.25) is 0 Å². The Morgan fingerprint density at radius 2 is 1.90 bits per heavy atom. The monoisotopic (exact) mass is 411 g/mol. The molecule has 1 fully saturated rings. The Hall–Kier alpha value is -0.570. The number of carbonyl (C=O) groups is 1. The zero-order valence-corrected chi connectivity index (χ0v) is 16.0. The molecule has 0 aliphatic carbocycles. The highest BCUT2D eigenvalue weighted by Crippen LogP contribution is 2.00. The van der Waals surface area contributed by atoms with Crippen molar-refractivity contribution in [3.05, 3.63) is 0 Å². The average Bonchev–Trinajstić information content (AvgIpc) is 2.46. The van der Waals surface area contributed by atoms with Crippen molar-refractivity contribution in [1.29, 1.82) is 0 Å². The lowest BCUT2D eigenvalue weighted by Gasteiger charge is -2.34. The Balaban J connectivity index is 0.00000400. The van der Waals surface area contributed by atoms with Gasteiger partial charge in [0, 0.05) is 59.3 Å². The molecule has 0 bridgehead atoms. The van der Waals surface area contributed by atoms with Crippen LogP contribution in [0.15, 0.2) is 4.99 Å². The fraction of sp³-hybridized carbons (Fsp3) is 0.857. The van der Waals surface area contributed by atoms with Crippen LogP contribution in [0, 0.1) is 0 Å². The van der Waals surface area contributed by atoms with Gasteiger partial charge < -0.3 is 15.5 Å². The van der Waals surface area contributed by atoms with Gasteiger partial charge in [0.1, 0.15) is 0 Å². The molecular weight excluding hydrogens is 381 g/mol. The first-order valence-electron chi connectivity index (χ1n) is 7.51. The van der Waals surface area contributed by atoms with Crippen LogP contribution in [0.5, 0.6) is 0 Å². The Labute approximate surface area is 145 Å². The van der Waals surface area contributed by atoms with Gasteiger partial charge in [-0.3, -0.25) is 14.7 Å². The summed E-state index contributed by atoms with van der Waals surface area (Å²) in [7, 11) is 1.79. The first-order chi connectivity index (χ1) is 9.56. The molecule has 0 saturated carbocycles. The summed E-state index contributed by atoms with van der Waals surface area (Å²) in [5.41, 5.74) is 0. The first kappa shape index (κ1) is 20.4. The van der Waals surface area contributed by atoms with Gasteiger partial charge in [0.05, 0.1) is 0 Å². The second-order valence-electron chi connectivity index (χ2n) is 5.30. The number of nitrogens with zero attached hydrogens (tertiary/aromatic N) is 3. The molecule has 0 aromatic rings. The largest absolute Gasteiger partial charge is 0.355 e. The molecule has 124 valence electrons. The standard InChI is InChI=1S/C14H29N5O.HI/c1-5-12(2)17-14(15-4)16-6-7-18-8-10-19(11-9-18)13(3)20;/h12H,5-11H2,1-4H3,(H2,15,16,17);1H. The van der Waals surface area contributed by atoms with Crippen LogP contribution in [0.1, 0.15) is 27.2 Å². The van der Waals surface area contributed by atoms with Gasteiger partial charge in [-0.25, -0.2) is 0 Å². The Morgan fingerprint density at radius 1 is 1.29 bits per heavy atom. The van der Waals surface area contributed by atoms with Crippen molar-refractivity contribution in [3.63, 3.8) is 0 Å². The van der Waals surface area contributed by atoms with Crippen LogP contribution < -0.4 is 10.6 Å². The van der Waals surface area contributed by atoms with Gasteiger partial charge in [-0.15, -0.1) is 24.0 Å². The summed E-state index contributed by atoms with van der Waals surface area (Å²) in [6.45, 7) is 11.4. The topological polar surface area (TPSA) is 60.0 Å². The highest BCUT2D eigenvalue weighted by atomic mass is 127. The second kappa shape index (κ2) is 11.1. The highest BCUT2D eigenvalue weighted by Gasteiger charge is 2.17. The van der Waals surface area contributed by atoms with Crippen molar-refractivity contribution >= 4 is 35.8 Å². The number of piperazine rings is 1. The third-order valence-electron chi connectivity index (χ3n) is 3.76. The van der Waals surface area contributed by atoms with E-state index in [-0.39, 0.29) is 29.9 Å². The predicted octanol–water partition coefficient (Wildman–Crippen LogP) is 0.732. The van der Waals surface area contributed by atoms with Crippen molar-refractivity contribution in [2.45, 2.75) is 33.2 Å². The number of nitrogens with one attached hydrogen (secondary N) is 2. The summed E-state index contributed by atoms with van der Waals surface area (Å²) in [5.74, 6) is 1.04. The SMILES string of the molecule is CCC(C)NC(=NC)NCCN1CCN(C(C)=O)CC1.I. The van der Waals surface area contributed by atoms with Gasteiger partial charge in [-0.2, -0.15) is 0 Å². The van der Waals surface area contributed by atoms with E-state index in [9.17, 15) is 4.79 Å². The molecule has 0 radical (unpaired) electrons. The Kier molecular flexibility index (Phi) is 10.8. The first-order valence-corrected chi connectivity index (χ1v) is 7.51. The van der Waals surface area contributed by atoms with Crippen molar-refractivity contribution in [1.82, 2.24) is 20.4 Å². The summed E-state index contributed by atoms with van der Waals surface area (Å²) in [6.07, 6.45) is 1.08. The van der Waals surface area contributed by atoms with Crippen molar-refractivity contribution in [2.75, 3.05) is 46.3 Å². The van der Waals surface area contributed by atoms with Crippen LogP contribution in [-0.4, -0.2) is 74.0 Å². The second-order valence-corrected chi connectivity index (χ2v) is 5.30. The molecule has 21 heavy (non-hydrogen) atoms. The fourth-order valence-corrected chi connectivity index (χ4v) is 2.15. The fourth-order valence-electron chi connectivity index (χ4n) is 2.15. The third-order valence-corrected chi connectivity index (χ3v) is 3.76. The maximum absolute atomic E-state index is 11.2. The minimum atomic E-state index is 0. The Bertz CT molecular complexity index is 329. The lowest BCUT2D eigenvalue weighted by Crippen LogP contribution is -2.50. The molecule has 0 aromatic carbocycles. The number of amides is 1. The third kappa shape index (κ3) is 7.85. The molecule has 0 aromatic heterocycles. The normalized spacial score (nSPS) is 17.9. The Morgan fingerprint density at radius 3 is 2.38 bits per heavy atom. The van der Waals surface area contributed by atoms with Crippen molar-refractivity contribution in [2.24, 2.45) is 4.99 Å². The van der Waals surface area contributed by atoms with E-state index in [2.05, 4.69) is 34.4 Å². The quantitative estimate of drug-likeness (QED) is 0.398. The maximum Gasteiger partial charge on any atom is 0.219 e. The smallest absolute Gasteiger partial charge is 0.219 e. The van der Waals surface area contributed by atoms with E-state index in [1.807, 2.05) is 4.90 Å². The van der Waals surface area contributed by atoms with Gasteiger partial charge in [0.25, 0.3) is 0 Å². The number of guanidine groups is 1. The number of halogens is 1. The van der Waals surface area contributed by atoms with Crippen molar-refractivity contribution in [3.8, 4) is 0 Å². The molecule has 1 saturated heterocycles. The number of carbonyl (C=O) groups excluding carboxylic acids is 1. The highest BCUT2D eigenvalue weighted by molar-refractivity contribution is 14.0. The molecule has 1 heterocycles. The van der Waals surface area contributed by atoms with Crippen LogP contribution in [0.4, 0.5) is 0 Å². The molecule has 1 amide bonds. The lowest BCUT2D eigenvalue weighted by atomic mass is 10.3. The molecule has 1 aliphatic rings. The summed E-state index contributed by atoms with van der Waals surface area (Å²) < 4.78 is 0. The van der Waals surface area contributed by atoms with Gasteiger partial charge in [0.2, 0.25) is 5.91 Å². The summed E-state index contributed by atoms with van der Waals surface area (Å²) in [4.78, 5) is 19.8. The van der Waals surface area contributed by atoms with Gasteiger partial charge in [-0.1, -0.05) is 6.92 Å². The van der Waals surface area contributed by atoms with E-state index in [1.165, 1.54) is 0 Å². The van der Waals surface area contributed by atoms with Gasteiger partial charge in [0.15, 0.2) is 5.96 Å². The van der Waals surface area contributed by atoms with E-state index >= 15 is 0 Å². The van der Waals surface area contributed by atoms with E-state index < -0.39 is 0 Å². The molecule has 1 atom stereocenters. The number of aliphatic imine (C=N–C) groups is 1. The summed E-state index contributed by atoms with van der Waals surface area (Å²) in [6, 6.07) is 0.431. The van der Waals surface area contributed by atoms with Gasteiger partial charge >= 0.3 is 0 Å². The van der Waals surface area contributed by atoms with E-state index in [0.717, 1.165) is 51.6 Å². The molecule has 2 N–H and O–H groups in total. The molecule has 1 aliphatic heterocycles. The number of hydrogen-bond acceptors (Lipinski definition) is 3. The van der Waals surface area contributed by atoms with Crippen LogP contribution in [-0.2, 0) is 4.79 Å². The van der Waals surface area contributed by atoms with Crippen LogP contribution >= 0.6 is 24.0 Å². The van der Waals surface area contributed by atoms with E-state index in [0.29, 0.717) is 6.04 Å². The van der Waals surface area contributed by atoms with Crippen LogP contribution in [0.25, 0.3) is 0 Å². The van der Waals surface area contributed by atoms with Crippen LogP contribution in [0.3, 0.4) is 0 Å². The average molecular weight is 411 g/mol. The molecule has 1 unspecified atom stereocenters. The van der Waals surface area contributed by atoms with E-state index in [4.69, 9.17) is 0 Å². The minimum Gasteiger partial charge on any atom is -0.355 e. The minimum absolute atomic E-state index is 0. The summed E-state index contributed by atoms with van der Waals surface area (Å²) >= 11 is 0. The maximum atomic E-state index is 11.2. The van der Waals surface area contributed by atoms with Crippen molar-refractivity contribution < 1.29 is 4.79 Å². The van der Waals surface area contributed by atoms with Gasteiger partial charge in [-0.05, 0) is 13.3 Å². The zero-order chi connectivity index (χ0) is 15.0. The van der Waals surface area contributed by atoms with E-state index in [1.54, 1.807) is 14.0 Å². The molecule has 7 heteroatoms. The number of rotatable bonds is 5. The summed E-state index contributed by atoms with van der Waals surface area (Å²) in [5, 5.41) is 6.68. The molecular formula is C14H30IN5O.